The lowest BCUT2D eigenvalue weighted by atomic mass is 10.0. The first-order chi connectivity index (χ1) is 7.89. The number of rotatable bonds is 2. The van der Waals surface area contributed by atoms with Crippen molar-refractivity contribution in [2.75, 3.05) is 0 Å². The van der Waals surface area contributed by atoms with E-state index in [9.17, 15) is 13.2 Å². The van der Waals surface area contributed by atoms with Crippen molar-refractivity contribution >= 4 is 37.3 Å². The summed E-state index contributed by atoms with van der Waals surface area (Å²) in [5.74, 6) is -1.25. The zero-order valence-electron chi connectivity index (χ0n) is 8.42. The Morgan fingerprint density at radius 3 is 2.53 bits per heavy atom. The molecule has 0 radical (unpaired) electrons. The number of sulfone groups is 1. The van der Waals surface area contributed by atoms with Crippen LogP contribution in [0.15, 0.2) is 45.1 Å². The Kier molecular flexibility index (Phi) is 2.92. The van der Waals surface area contributed by atoms with Gasteiger partial charge in [-0.25, -0.2) is 13.2 Å². The van der Waals surface area contributed by atoms with Gasteiger partial charge in [-0.15, -0.1) is 0 Å². The molecule has 0 bridgehead atoms. The van der Waals surface area contributed by atoms with Crippen molar-refractivity contribution in [3.63, 3.8) is 0 Å². The predicted octanol–water partition coefficient (Wildman–Crippen LogP) is 2.19. The maximum atomic E-state index is 11.4. The number of carboxylic acids is 1. The molecule has 0 atom stereocenters. The summed E-state index contributed by atoms with van der Waals surface area (Å²) in [6.45, 7) is 0. The van der Waals surface area contributed by atoms with Gasteiger partial charge in [-0.2, -0.15) is 0 Å². The second-order valence-electron chi connectivity index (χ2n) is 3.47. The monoisotopic (exact) mass is 314 g/mol. The minimum atomic E-state index is -3.57. The third kappa shape index (κ3) is 2.48. The number of benzene rings is 1. The second-order valence-corrected chi connectivity index (χ2v) is 6.03. The fourth-order valence-electron chi connectivity index (χ4n) is 1.53. The zero-order valence-corrected chi connectivity index (χ0v) is 10.8. The Hall–Kier alpha value is -1.40. The highest BCUT2D eigenvalue weighted by atomic mass is 79.9. The fraction of sp³-hybridized carbons (Fsp3) is 0. The van der Waals surface area contributed by atoms with E-state index in [0.29, 0.717) is 5.56 Å². The molecule has 0 amide bonds. The smallest absolute Gasteiger partial charge is 0.337 e. The van der Waals surface area contributed by atoms with E-state index in [0.717, 1.165) is 15.3 Å². The van der Waals surface area contributed by atoms with E-state index in [1.54, 1.807) is 24.3 Å². The molecule has 0 aromatic heterocycles. The summed E-state index contributed by atoms with van der Waals surface area (Å²) in [6.07, 6.45) is 0. The molecule has 17 heavy (non-hydrogen) atoms. The van der Waals surface area contributed by atoms with Gasteiger partial charge in [0.2, 0.25) is 0 Å². The highest BCUT2D eigenvalue weighted by molar-refractivity contribution is 9.10. The van der Waals surface area contributed by atoms with Gasteiger partial charge in [-0.1, -0.05) is 28.1 Å². The van der Waals surface area contributed by atoms with Crippen molar-refractivity contribution in [3.05, 3.63) is 50.7 Å². The number of halogens is 1. The van der Waals surface area contributed by atoms with Gasteiger partial charge in [-0.3, -0.25) is 0 Å². The first-order valence-corrected chi connectivity index (χ1v) is 6.97. The van der Waals surface area contributed by atoms with Gasteiger partial charge < -0.3 is 5.11 Å². The highest BCUT2D eigenvalue weighted by Crippen LogP contribution is 2.32. The van der Waals surface area contributed by atoms with Crippen molar-refractivity contribution in [1.82, 2.24) is 0 Å². The minimum absolute atomic E-state index is 0.205. The van der Waals surface area contributed by atoms with Gasteiger partial charge in [0.15, 0.2) is 9.84 Å². The van der Waals surface area contributed by atoms with Crippen LogP contribution in [-0.2, 0) is 14.6 Å². The van der Waals surface area contributed by atoms with Crippen molar-refractivity contribution in [2.24, 2.45) is 0 Å². The zero-order chi connectivity index (χ0) is 12.6. The molecule has 1 heterocycles. The van der Waals surface area contributed by atoms with Gasteiger partial charge in [0, 0.05) is 15.5 Å². The van der Waals surface area contributed by atoms with Crippen LogP contribution < -0.4 is 0 Å². The number of aliphatic carboxylic acids is 1. The van der Waals surface area contributed by atoms with Crippen molar-refractivity contribution in [1.29, 1.82) is 0 Å². The van der Waals surface area contributed by atoms with Gasteiger partial charge in [0.25, 0.3) is 0 Å². The van der Waals surface area contributed by atoms with Crippen LogP contribution in [0.3, 0.4) is 0 Å². The van der Waals surface area contributed by atoms with Crippen molar-refractivity contribution in [3.8, 4) is 0 Å². The summed E-state index contributed by atoms with van der Waals surface area (Å²) in [7, 11) is -3.57. The van der Waals surface area contributed by atoms with Crippen LogP contribution >= 0.6 is 15.9 Å². The first-order valence-electron chi connectivity index (χ1n) is 4.57. The van der Waals surface area contributed by atoms with Crippen molar-refractivity contribution < 1.29 is 18.3 Å². The Morgan fingerprint density at radius 1 is 1.24 bits per heavy atom. The lowest BCUT2D eigenvalue weighted by Crippen LogP contribution is -2.00. The number of carboxylic acid groups (broad SMARTS) is 1. The summed E-state index contributed by atoms with van der Waals surface area (Å²) >= 11 is 3.25. The molecule has 1 aliphatic heterocycles. The maximum absolute atomic E-state index is 11.4. The molecule has 0 spiro atoms. The molecule has 0 unspecified atom stereocenters. The molecule has 0 saturated heterocycles. The summed E-state index contributed by atoms with van der Waals surface area (Å²) in [5, 5.41) is 10.7. The molecule has 0 aliphatic carbocycles. The lowest BCUT2D eigenvalue weighted by Gasteiger charge is -2.04. The third-order valence-corrected chi connectivity index (χ3v) is 3.84. The number of hydrogen-bond acceptors (Lipinski definition) is 3. The van der Waals surface area contributed by atoms with Crippen LogP contribution in [-0.4, -0.2) is 19.5 Å². The van der Waals surface area contributed by atoms with E-state index in [2.05, 4.69) is 15.9 Å². The van der Waals surface area contributed by atoms with E-state index < -0.39 is 15.8 Å². The SMILES string of the molecule is O=C(O)C1=CS(=O)(=O)C=C1c1cccc(Br)c1. The molecule has 0 fully saturated rings. The molecule has 1 aliphatic rings. The molecule has 1 aromatic carbocycles. The largest absolute Gasteiger partial charge is 0.478 e. The third-order valence-electron chi connectivity index (χ3n) is 2.22. The van der Waals surface area contributed by atoms with Gasteiger partial charge >= 0.3 is 5.97 Å². The van der Waals surface area contributed by atoms with Crippen LogP contribution in [0.25, 0.3) is 5.57 Å². The first kappa shape index (κ1) is 12.1. The lowest BCUT2D eigenvalue weighted by molar-refractivity contribution is -0.132. The number of carbonyl (C=O) groups is 1. The van der Waals surface area contributed by atoms with E-state index in [-0.39, 0.29) is 11.1 Å². The maximum Gasteiger partial charge on any atom is 0.337 e. The standard InChI is InChI=1S/C11H7BrO4S/c12-8-3-1-2-7(4-8)9-5-17(15,16)6-10(9)11(13)14/h1-6H,(H,13,14). The Bertz CT molecular complexity index is 656. The van der Waals surface area contributed by atoms with Crippen molar-refractivity contribution in [2.45, 2.75) is 0 Å². The van der Waals surface area contributed by atoms with Crippen LogP contribution in [0.4, 0.5) is 0 Å². The topological polar surface area (TPSA) is 71.4 Å². The van der Waals surface area contributed by atoms with Gasteiger partial charge in [0.1, 0.15) is 0 Å². The normalized spacial score (nSPS) is 17.5. The summed E-state index contributed by atoms with van der Waals surface area (Å²) < 4.78 is 23.5. The van der Waals surface area contributed by atoms with Gasteiger partial charge in [0.05, 0.1) is 11.0 Å². The molecule has 0 saturated carbocycles. The van der Waals surface area contributed by atoms with E-state index in [1.807, 2.05) is 0 Å². The van der Waals surface area contributed by atoms with E-state index >= 15 is 0 Å². The van der Waals surface area contributed by atoms with Crippen LogP contribution in [0.2, 0.25) is 0 Å². The highest BCUT2D eigenvalue weighted by Gasteiger charge is 2.26. The average Bonchev–Trinajstić information content (AvgIpc) is 2.55. The molecule has 4 nitrogen and oxygen atoms in total. The molecule has 6 heteroatoms. The average molecular weight is 315 g/mol. The molecule has 1 aromatic rings. The Labute approximate surface area is 106 Å². The molecular formula is C11H7BrO4S. The minimum Gasteiger partial charge on any atom is -0.478 e. The summed E-state index contributed by atoms with van der Waals surface area (Å²) in [4.78, 5) is 11.0. The Morgan fingerprint density at radius 2 is 1.94 bits per heavy atom. The Balaban J connectivity index is 2.60. The molecule has 2 rings (SSSR count). The number of hydrogen-bond donors (Lipinski definition) is 1. The molecule has 1 N–H and O–H groups in total. The fourth-order valence-corrected chi connectivity index (χ4v) is 3.15. The summed E-state index contributed by atoms with van der Waals surface area (Å²) in [6, 6.07) is 6.82. The summed E-state index contributed by atoms with van der Waals surface area (Å²) in [5.41, 5.74) is 0.552. The van der Waals surface area contributed by atoms with Crippen LogP contribution in [0.1, 0.15) is 5.56 Å². The van der Waals surface area contributed by atoms with Gasteiger partial charge in [-0.05, 0) is 17.7 Å². The molecule has 88 valence electrons. The predicted molar refractivity (Wildman–Crippen MR) is 66.8 cm³/mol. The van der Waals surface area contributed by atoms with E-state index in [1.165, 1.54) is 0 Å². The quantitative estimate of drug-likeness (QED) is 0.908. The van der Waals surface area contributed by atoms with Crippen LogP contribution in [0.5, 0.6) is 0 Å². The van der Waals surface area contributed by atoms with Crippen LogP contribution in [0, 0.1) is 0 Å². The van der Waals surface area contributed by atoms with E-state index in [4.69, 9.17) is 5.11 Å². The molecular weight excluding hydrogens is 308 g/mol. The second kappa shape index (κ2) is 4.12.